The number of halogens is 2. The highest BCUT2D eigenvalue weighted by atomic mass is 35.5. The minimum Gasteiger partial charge on any atom is -0.494 e. The molecule has 2 fully saturated rings. The number of carbonyl (C=O) groups is 1. The number of ether oxygens (including phenoxy) is 1. The Morgan fingerprint density at radius 1 is 1.28 bits per heavy atom. The second kappa shape index (κ2) is 11.2. The summed E-state index contributed by atoms with van der Waals surface area (Å²) >= 11 is 5.92. The van der Waals surface area contributed by atoms with Crippen molar-refractivity contribution in [3.05, 3.63) is 58.9 Å². The number of methoxy groups -OCH3 is 1. The molecule has 1 amide bonds. The monoisotopic (exact) mass is 511 g/mol. The highest BCUT2D eigenvalue weighted by Gasteiger charge is 2.42. The molecule has 1 saturated carbocycles. The first kappa shape index (κ1) is 25.9. The Labute approximate surface area is 216 Å². The molecular weight excluding hydrogens is 481 g/mol. The molecule has 0 radical (unpaired) electrons. The maximum absolute atomic E-state index is 13.6. The third kappa shape index (κ3) is 5.77. The third-order valence-electron chi connectivity index (χ3n) is 6.97. The number of benzene rings is 2. The van der Waals surface area contributed by atoms with E-state index in [1.165, 1.54) is 44.9 Å². The first-order chi connectivity index (χ1) is 17.4. The van der Waals surface area contributed by atoms with Gasteiger partial charge in [-0.15, -0.1) is 0 Å². The summed E-state index contributed by atoms with van der Waals surface area (Å²) in [6.07, 6.45) is 8.72. The lowest BCUT2D eigenvalue weighted by Crippen LogP contribution is -2.33. The number of likely N-dealkylation sites (tertiary alicyclic amines) is 1. The smallest absolute Gasteiger partial charge is 0.248 e. The number of nitrogens with one attached hydrogen (secondary N) is 2. The first-order valence-corrected chi connectivity index (χ1v) is 12.3. The summed E-state index contributed by atoms with van der Waals surface area (Å²) in [6.45, 7) is 6.61. The predicted octanol–water partition coefficient (Wildman–Crippen LogP) is 5.68. The topological polar surface area (TPSA) is 78.3 Å². The standard InChI is InChI=1S/C27H31ClFN5O2/c1-30-22-16-24(36-3)23(15-19(22)26(31-2)32-18-7-8-21(29)20(28)14-18)33-25(35)6-4-12-34-13-11-27(17-34)9-5-10-27/h4,6-8,14-16H,1,5,9-13,17H2,2-3H3,(H,31,32)(H,33,35)/b6-4+. The molecule has 4 rings (SSSR count). The van der Waals surface area contributed by atoms with Crippen molar-refractivity contribution in [2.45, 2.75) is 25.7 Å². The summed E-state index contributed by atoms with van der Waals surface area (Å²) in [5, 5.41) is 6.01. The van der Waals surface area contributed by atoms with Gasteiger partial charge in [0.2, 0.25) is 5.91 Å². The van der Waals surface area contributed by atoms with Crippen molar-refractivity contribution in [1.29, 1.82) is 0 Å². The van der Waals surface area contributed by atoms with Gasteiger partial charge in [-0.05, 0) is 62.2 Å². The van der Waals surface area contributed by atoms with Crippen LogP contribution in [0.15, 0.2) is 52.5 Å². The van der Waals surface area contributed by atoms with Crippen molar-refractivity contribution in [3.8, 4) is 5.75 Å². The van der Waals surface area contributed by atoms with Crippen molar-refractivity contribution >= 4 is 47.1 Å². The lowest BCUT2D eigenvalue weighted by atomic mass is 9.68. The molecule has 1 aliphatic heterocycles. The maximum atomic E-state index is 13.6. The second-order valence-corrected chi connectivity index (χ2v) is 9.69. The largest absolute Gasteiger partial charge is 0.494 e. The van der Waals surface area contributed by atoms with Gasteiger partial charge < -0.3 is 15.4 Å². The fraction of sp³-hybridized carbons (Fsp3) is 0.370. The molecular formula is C27H31ClFN5O2. The Morgan fingerprint density at radius 3 is 2.69 bits per heavy atom. The number of nitrogens with zero attached hydrogens (tertiary/aromatic N) is 3. The number of amidine groups is 1. The third-order valence-corrected chi connectivity index (χ3v) is 7.26. The van der Waals surface area contributed by atoms with E-state index in [1.54, 1.807) is 31.3 Å². The average molecular weight is 512 g/mol. The van der Waals surface area contributed by atoms with Crippen LogP contribution in [-0.4, -0.2) is 57.2 Å². The van der Waals surface area contributed by atoms with Gasteiger partial charge in [0.05, 0.1) is 23.5 Å². The number of anilines is 2. The zero-order valence-electron chi connectivity index (χ0n) is 20.6. The molecule has 190 valence electrons. The van der Waals surface area contributed by atoms with Crippen LogP contribution < -0.4 is 15.4 Å². The van der Waals surface area contributed by atoms with Crippen LogP contribution >= 0.6 is 11.6 Å². The van der Waals surface area contributed by atoms with Crippen molar-refractivity contribution < 1.29 is 13.9 Å². The van der Waals surface area contributed by atoms with E-state index in [-0.39, 0.29) is 10.9 Å². The quantitative estimate of drug-likeness (QED) is 0.271. The lowest BCUT2D eigenvalue weighted by Gasteiger charge is -2.38. The van der Waals surface area contributed by atoms with E-state index in [0.29, 0.717) is 39.6 Å². The van der Waals surface area contributed by atoms with Gasteiger partial charge in [0.25, 0.3) is 0 Å². The predicted molar refractivity (Wildman–Crippen MR) is 145 cm³/mol. The molecule has 2 N–H and O–H groups in total. The van der Waals surface area contributed by atoms with E-state index in [1.807, 2.05) is 6.08 Å². The minimum absolute atomic E-state index is 0.0104. The highest BCUT2D eigenvalue weighted by Crippen LogP contribution is 2.47. The SMILES string of the molecule is C=Nc1cc(OC)c(NC(=O)/C=C/CN2CCC3(CCC3)C2)cc1/C(=N\C)Nc1ccc(F)c(Cl)c1. The van der Waals surface area contributed by atoms with E-state index in [2.05, 4.69) is 32.2 Å². The maximum Gasteiger partial charge on any atom is 0.248 e. The molecule has 2 aliphatic rings. The van der Waals surface area contributed by atoms with Crippen molar-refractivity contribution in [2.24, 2.45) is 15.4 Å². The van der Waals surface area contributed by atoms with Gasteiger partial charge in [-0.3, -0.25) is 19.7 Å². The summed E-state index contributed by atoms with van der Waals surface area (Å²) < 4.78 is 19.0. The Kier molecular flexibility index (Phi) is 8.06. The van der Waals surface area contributed by atoms with E-state index in [0.717, 1.165) is 19.6 Å². The van der Waals surface area contributed by atoms with Gasteiger partial charge in [-0.2, -0.15) is 0 Å². The number of hydrogen-bond acceptors (Lipinski definition) is 5. The van der Waals surface area contributed by atoms with Gasteiger partial charge in [-0.1, -0.05) is 24.1 Å². The number of hydrogen-bond donors (Lipinski definition) is 2. The molecule has 2 aromatic rings. The van der Waals surface area contributed by atoms with Gasteiger partial charge in [-0.25, -0.2) is 4.39 Å². The second-order valence-electron chi connectivity index (χ2n) is 9.28. The van der Waals surface area contributed by atoms with E-state index >= 15 is 0 Å². The zero-order valence-corrected chi connectivity index (χ0v) is 21.4. The fourth-order valence-corrected chi connectivity index (χ4v) is 5.04. The van der Waals surface area contributed by atoms with Crippen LogP contribution in [0.1, 0.15) is 31.2 Å². The molecule has 36 heavy (non-hydrogen) atoms. The van der Waals surface area contributed by atoms with Crippen LogP contribution in [-0.2, 0) is 4.79 Å². The number of aliphatic imine (C=N–C) groups is 2. The van der Waals surface area contributed by atoms with Gasteiger partial charge in [0.1, 0.15) is 17.4 Å². The van der Waals surface area contributed by atoms with Crippen LogP contribution in [0.4, 0.5) is 21.5 Å². The molecule has 1 aliphatic carbocycles. The minimum atomic E-state index is -0.513. The fourth-order valence-electron chi connectivity index (χ4n) is 4.86. The number of amides is 1. The van der Waals surface area contributed by atoms with Crippen LogP contribution in [0.3, 0.4) is 0 Å². The molecule has 0 unspecified atom stereocenters. The van der Waals surface area contributed by atoms with Crippen LogP contribution in [0.2, 0.25) is 5.02 Å². The molecule has 9 heteroatoms. The summed E-state index contributed by atoms with van der Waals surface area (Å²) in [7, 11) is 3.13. The van der Waals surface area contributed by atoms with Crippen molar-refractivity contribution in [2.75, 3.05) is 44.4 Å². The van der Waals surface area contributed by atoms with Crippen LogP contribution in [0, 0.1) is 11.2 Å². The Balaban J connectivity index is 1.48. The highest BCUT2D eigenvalue weighted by molar-refractivity contribution is 6.31. The molecule has 2 aromatic carbocycles. The van der Waals surface area contributed by atoms with Crippen molar-refractivity contribution in [1.82, 2.24) is 4.90 Å². The summed E-state index contributed by atoms with van der Waals surface area (Å²) in [5.74, 6) is 0.104. The molecule has 7 nitrogen and oxygen atoms in total. The lowest BCUT2D eigenvalue weighted by molar-refractivity contribution is -0.111. The first-order valence-electron chi connectivity index (χ1n) is 11.9. The van der Waals surface area contributed by atoms with Gasteiger partial charge in [0.15, 0.2) is 0 Å². The summed E-state index contributed by atoms with van der Waals surface area (Å²) in [4.78, 5) is 23.5. The van der Waals surface area contributed by atoms with Gasteiger partial charge >= 0.3 is 0 Å². The molecule has 0 atom stereocenters. The average Bonchev–Trinajstić information content (AvgIpc) is 3.30. The van der Waals surface area contributed by atoms with E-state index in [9.17, 15) is 9.18 Å². The molecule has 1 heterocycles. The Bertz CT molecular complexity index is 1210. The Hall–Kier alpha value is -3.23. The molecule has 0 bridgehead atoms. The zero-order chi connectivity index (χ0) is 25.7. The molecule has 1 saturated heterocycles. The van der Waals surface area contributed by atoms with Crippen molar-refractivity contribution in [3.63, 3.8) is 0 Å². The van der Waals surface area contributed by atoms with E-state index < -0.39 is 5.82 Å². The normalized spacial score (nSPS) is 17.3. The molecule has 0 aromatic heterocycles. The number of rotatable bonds is 8. The van der Waals surface area contributed by atoms with Crippen LogP contribution in [0.25, 0.3) is 0 Å². The summed E-state index contributed by atoms with van der Waals surface area (Å²) in [5.41, 5.74) is 2.62. The Morgan fingerprint density at radius 2 is 2.08 bits per heavy atom. The van der Waals surface area contributed by atoms with E-state index in [4.69, 9.17) is 16.3 Å². The molecule has 1 spiro atoms. The summed E-state index contributed by atoms with van der Waals surface area (Å²) in [6, 6.07) is 7.68. The number of carbonyl (C=O) groups excluding carboxylic acids is 1. The van der Waals surface area contributed by atoms with Crippen LogP contribution in [0.5, 0.6) is 5.75 Å². The van der Waals surface area contributed by atoms with Gasteiger partial charge in [0, 0.05) is 43.5 Å².